The van der Waals surface area contributed by atoms with E-state index in [-0.39, 0.29) is 31.2 Å². The summed E-state index contributed by atoms with van der Waals surface area (Å²) < 4.78 is 91.6. The van der Waals surface area contributed by atoms with Gasteiger partial charge in [0.15, 0.2) is 11.5 Å². The number of carbonyl (C=O) groups excluding carboxylic acids is 4. The number of nitrogens with one attached hydrogen (secondary N) is 3. The molecule has 19 heteroatoms. The van der Waals surface area contributed by atoms with Gasteiger partial charge in [-0.05, 0) is 89.3 Å². The highest BCUT2D eigenvalue weighted by atomic mass is 32.2. The maximum atomic E-state index is 14.8. The van der Waals surface area contributed by atoms with Gasteiger partial charge in [0.25, 0.3) is 5.91 Å². The van der Waals surface area contributed by atoms with Crippen LogP contribution in [0.15, 0.2) is 36.5 Å². The quantitative estimate of drug-likeness (QED) is 0.328. The van der Waals surface area contributed by atoms with E-state index in [1.54, 1.807) is 31.2 Å². The summed E-state index contributed by atoms with van der Waals surface area (Å²) in [6, 6.07) is 2.42. The number of pyridine rings is 1. The Balaban J connectivity index is 1.23. The zero-order valence-corrected chi connectivity index (χ0v) is 34.3. The van der Waals surface area contributed by atoms with Gasteiger partial charge in [-0.1, -0.05) is 26.0 Å². The first-order chi connectivity index (χ1) is 27.6. The maximum Gasteiger partial charge on any atom is 0.427 e. The third-order valence-corrected chi connectivity index (χ3v) is 14.4. The summed E-state index contributed by atoms with van der Waals surface area (Å²) in [4.78, 5) is 62.0. The Kier molecular flexibility index (Phi) is 11.0. The van der Waals surface area contributed by atoms with Crippen molar-refractivity contribution in [2.45, 2.75) is 120 Å². The van der Waals surface area contributed by atoms with Crippen LogP contribution in [0.1, 0.15) is 79.6 Å². The van der Waals surface area contributed by atoms with Crippen LogP contribution in [0.25, 0.3) is 10.8 Å². The van der Waals surface area contributed by atoms with Crippen molar-refractivity contribution in [1.29, 1.82) is 0 Å². The zero-order chi connectivity index (χ0) is 42.7. The number of fused-ring (bicyclic) bond motifs is 5. The van der Waals surface area contributed by atoms with Crippen molar-refractivity contribution >= 4 is 44.6 Å². The van der Waals surface area contributed by atoms with Crippen LogP contribution in [0, 0.1) is 17.8 Å². The Bertz CT molecular complexity index is 2160. The van der Waals surface area contributed by atoms with Gasteiger partial charge in [-0.3, -0.25) is 19.1 Å². The predicted molar refractivity (Wildman–Crippen MR) is 206 cm³/mol. The summed E-state index contributed by atoms with van der Waals surface area (Å²) in [6.07, 6.45) is 0.108. The number of carbonyl (C=O) groups is 4. The molecule has 3 N–H and O–H groups in total. The van der Waals surface area contributed by atoms with Crippen molar-refractivity contribution in [3.05, 3.63) is 36.5 Å². The molecule has 1 aromatic heterocycles. The van der Waals surface area contributed by atoms with Gasteiger partial charge >= 0.3 is 12.3 Å². The first kappa shape index (κ1) is 42.3. The number of nitrogens with zero attached hydrogens (tertiary/aromatic N) is 2. The number of aromatic nitrogens is 1. The van der Waals surface area contributed by atoms with Crippen LogP contribution in [0.3, 0.4) is 0 Å². The fourth-order valence-electron chi connectivity index (χ4n) is 8.03. The van der Waals surface area contributed by atoms with Crippen LogP contribution in [-0.4, -0.2) is 102 Å². The molecule has 3 fully saturated rings. The molecule has 0 spiro atoms. The van der Waals surface area contributed by atoms with E-state index in [2.05, 4.69) is 20.3 Å². The molecule has 4 heterocycles. The summed E-state index contributed by atoms with van der Waals surface area (Å²) in [7, 11) is -4.08. The minimum absolute atomic E-state index is 0.0426. The molecular weight excluding hydrogens is 800 g/mol. The third kappa shape index (κ3) is 8.35. The summed E-state index contributed by atoms with van der Waals surface area (Å²) in [5, 5.41) is 6.39. The fourth-order valence-corrected chi connectivity index (χ4v) is 9.35. The van der Waals surface area contributed by atoms with E-state index in [0.29, 0.717) is 81.4 Å². The second-order valence-electron chi connectivity index (χ2n) is 17.3. The van der Waals surface area contributed by atoms with E-state index in [1.807, 2.05) is 13.0 Å². The molecule has 59 heavy (non-hydrogen) atoms. The summed E-state index contributed by atoms with van der Waals surface area (Å²) in [5.41, 5.74) is -4.54. The molecule has 7 rings (SSSR count). The van der Waals surface area contributed by atoms with E-state index >= 15 is 0 Å². The molecule has 2 aromatic rings. The molecule has 0 radical (unpaired) electrons. The fraction of sp³-hybridized carbons (Fsp3) is 0.625. The van der Waals surface area contributed by atoms with Gasteiger partial charge in [0.05, 0.1) is 11.3 Å². The molecule has 0 bridgehead atoms. The lowest BCUT2D eigenvalue weighted by Gasteiger charge is -2.34. The van der Waals surface area contributed by atoms with Crippen LogP contribution in [-0.2, 0) is 29.1 Å². The van der Waals surface area contributed by atoms with Crippen LogP contribution in [0.2, 0.25) is 0 Å². The molecule has 322 valence electrons. The topological polar surface area (TPSA) is 192 Å². The highest BCUT2D eigenvalue weighted by molar-refractivity contribution is 7.91. The molecular formula is C40H50F3N5O10S. The second-order valence-corrected chi connectivity index (χ2v) is 19.5. The number of alkyl halides is 3. The standard InChI is InChI=1S/C40H50F3N5O10S/c1-22-8-6-7-9-24-20-39(24,35(51)47-59(53,54)38(5)13-14-38)46-32(49)28-19-25(57-33-27-10-11-29-31(56-17-16-55-29)26(27)12-15-44-33)21-48(28)34(50)30(23(2)18-22)45-36(52)58-37(3,4)40(41,42)43/h7,9-12,15,22-25,28,30H,6,8,13-14,16-21H2,1-5H3,(H,45,52)(H,46,49)(H,47,51)/b9-7-/t22-,23-,24-,25-,28+,30+,39-/m1/s1. The monoisotopic (exact) mass is 849 g/mol. The Labute approximate surface area is 340 Å². The molecule has 2 saturated carbocycles. The third-order valence-electron chi connectivity index (χ3n) is 12.2. The molecule has 15 nitrogen and oxygen atoms in total. The van der Waals surface area contributed by atoms with E-state index in [0.717, 1.165) is 0 Å². The van der Waals surface area contributed by atoms with Crippen LogP contribution >= 0.6 is 0 Å². The molecule has 7 atom stereocenters. The average molecular weight is 850 g/mol. The smallest absolute Gasteiger partial charge is 0.427 e. The van der Waals surface area contributed by atoms with Gasteiger partial charge in [-0.25, -0.2) is 18.2 Å². The number of benzene rings is 1. The summed E-state index contributed by atoms with van der Waals surface area (Å²) >= 11 is 0. The van der Waals surface area contributed by atoms with Crippen molar-refractivity contribution in [2.75, 3.05) is 19.8 Å². The summed E-state index contributed by atoms with van der Waals surface area (Å²) in [5.74, 6) is -2.50. The van der Waals surface area contributed by atoms with E-state index in [9.17, 15) is 40.8 Å². The molecule has 1 aromatic carbocycles. The van der Waals surface area contributed by atoms with Crippen LogP contribution in [0.4, 0.5) is 18.0 Å². The molecule has 5 aliphatic rings. The van der Waals surface area contributed by atoms with E-state index in [1.165, 1.54) is 18.0 Å². The van der Waals surface area contributed by atoms with Crippen molar-refractivity contribution < 1.29 is 59.7 Å². The number of hydrogen-bond donors (Lipinski definition) is 3. The minimum atomic E-state index is -4.92. The van der Waals surface area contributed by atoms with Gasteiger partial charge in [-0.15, -0.1) is 0 Å². The number of halogens is 3. The molecule has 3 aliphatic heterocycles. The number of hydrogen-bond acceptors (Lipinski definition) is 11. The number of alkyl carbamates (subject to hydrolysis) is 1. The average Bonchev–Trinajstić information content (AvgIpc) is 4.04. The first-order valence-corrected chi connectivity index (χ1v) is 21.4. The highest BCUT2D eigenvalue weighted by Gasteiger charge is 2.63. The lowest BCUT2D eigenvalue weighted by molar-refractivity contribution is -0.244. The van der Waals surface area contributed by atoms with E-state index < -0.39 is 85.9 Å². The van der Waals surface area contributed by atoms with Crippen molar-refractivity contribution in [3.8, 4) is 17.4 Å². The Hall–Kier alpha value is -4.81. The lowest BCUT2D eigenvalue weighted by Crippen LogP contribution is -2.59. The number of rotatable bonds is 7. The SMILES string of the molecule is C[C@@H]1CC/C=C\[C@@H]2C[C@@]2(C(=O)NS(=O)(=O)C2(C)CC2)NC(=O)[C@@H]2C[C@@H](Oc3nccc4c5c(ccc34)OCCO5)CN2C(=O)[C@@H](NC(=O)OC(C)(C)C(F)(F)F)[C@H](C)C1. The Morgan fingerprint density at radius 1 is 1.05 bits per heavy atom. The van der Waals surface area contributed by atoms with Gasteiger partial charge < -0.3 is 34.5 Å². The number of ether oxygens (including phenoxy) is 4. The largest absolute Gasteiger partial charge is 0.486 e. The Morgan fingerprint density at radius 3 is 2.49 bits per heavy atom. The Morgan fingerprint density at radius 2 is 1.78 bits per heavy atom. The van der Waals surface area contributed by atoms with Gasteiger partial charge in [0, 0.05) is 29.3 Å². The normalized spacial score (nSPS) is 30.1. The van der Waals surface area contributed by atoms with Crippen molar-refractivity contribution in [3.63, 3.8) is 0 Å². The zero-order valence-electron chi connectivity index (χ0n) is 33.5. The van der Waals surface area contributed by atoms with Crippen LogP contribution < -0.4 is 29.6 Å². The lowest BCUT2D eigenvalue weighted by atomic mass is 9.88. The molecule has 2 aliphatic carbocycles. The molecule has 4 amide bonds. The second kappa shape index (κ2) is 15.3. The first-order valence-electron chi connectivity index (χ1n) is 19.9. The van der Waals surface area contributed by atoms with Crippen LogP contribution in [0.5, 0.6) is 17.4 Å². The minimum Gasteiger partial charge on any atom is -0.486 e. The van der Waals surface area contributed by atoms with Gasteiger partial charge in [0.1, 0.15) is 36.9 Å². The molecule has 1 saturated heterocycles. The maximum absolute atomic E-state index is 14.8. The van der Waals surface area contributed by atoms with E-state index in [4.69, 9.17) is 18.9 Å². The van der Waals surface area contributed by atoms with Gasteiger partial charge in [-0.2, -0.15) is 13.2 Å². The highest BCUT2D eigenvalue weighted by Crippen LogP contribution is 2.48. The number of allylic oxidation sites excluding steroid dienone is 1. The van der Waals surface area contributed by atoms with Crippen molar-refractivity contribution in [2.24, 2.45) is 17.8 Å². The number of amides is 4. The number of sulfonamides is 1. The predicted octanol–water partition coefficient (Wildman–Crippen LogP) is 4.68. The van der Waals surface area contributed by atoms with Gasteiger partial charge in [0.2, 0.25) is 33.3 Å². The van der Waals surface area contributed by atoms with Crippen molar-refractivity contribution in [1.82, 2.24) is 25.2 Å². The molecule has 0 unspecified atom stereocenters. The summed E-state index contributed by atoms with van der Waals surface area (Å²) in [6.45, 7) is 7.02.